The first kappa shape index (κ1) is 12.5. The smallest absolute Gasteiger partial charge is 0.266 e. The molecule has 18 heavy (non-hydrogen) atoms. The van der Waals surface area contributed by atoms with Crippen molar-refractivity contribution < 1.29 is 4.39 Å². The molecule has 0 radical (unpaired) electrons. The van der Waals surface area contributed by atoms with Crippen LogP contribution in [0.5, 0.6) is 0 Å². The van der Waals surface area contributed by atoms with Crippen molar-refractivity contribution in [2.75, 3.05) is 0 Å². The van der Waals surface area contributed by atoms with E-state index in [1.54, 1.807) is 13.0 Å². The van der Waals surface area contributed by atoms with Crippen LogP contribution in [0.15, 0.2) is 33.5 Å². The Kier molecular flexibility index (Phi) is 3.30. The number of hydrogen-bond acceptors (Lipinski definition) is 2. The van der Waals surface area contributed by atoms with E-state index in [1.165, 1.54) is 18.2 Å². The average Bonchev–Trinajstić information content (AvgIpc) is 2.28. The van der Waals surface area contributed by atoms with E-state index in [-0.39, 0.29) is 11.4 Å². The second-order valence-corrected chi connectivity index (χ2v) is 4.66. The summed E-state index contributed by atoms with van der Waals surface area (Å²) in [5, 5.41) is 9.04. The number of aromatic amines is 1. The molecule has 1 N–H and O–H groups in total. The van der Waals surface area contributed by atoms with Crippen molar-refractivity contribution in [1.29, 1.82) is 5.26 Å². The van der Waals surface area contributed by atoms with Crippen LogP contribution in [0.2, 0.25) is 0 Å². The van der Waals surface area contributed by atoms with E-state index < -0.39 is 5.56 Å². The van der Waals surface area contributed by atoms with Gasteiger partial charge in [0, 0.05) is 15.7 Å². The van der Waals surface area contributed by atoms with E-state index in [4.69, 9.17) is 5.26 Å². The van der Waals surface area contributed by atoms with Gasteiger partial charge in [0.1, 0.15) is 17.4 Å². The molecule has 0 bridgehead atoms. The molecule has 0 atom stereocenters. The molecule has 0 fully saturated rings. The van der Waals surface area contributed by atoms with Crippen LogP contribution in [-0.2, 0) is 0 Å². The summed E-state index contributed by atoms with van der Waals surface area (Å²) in [6, 6.07) is 7.69. The molecule has 0 aliphatic rings. The van der Waals surface area contributed by atoms with Crippen LogP contribution in [0.25, 0.3) is 11.1 Å². The van der Waals surface area contributed by atoms with Gasteiger partial charge in [-0.2, -0.15) is 5.26 Å². The van der Waals surface area contributed by atoms with Crippen LogP contribution in [0.4, 0.5) is 4.39 Å². The Morgan fingerprint density at radius 3 is 2.67 bits per heavy atom. The largest absolute Gasteiger partial charge is 0.325 e. The number of H-pyrrole nitrogens is 1. The Bertz CT molecular complexity index is 716. The Morgan fingerprint density at radius 2 is 2.06 bits per heavy atom. The van der Waals surface area contributed by atoms with Gasteiger partial charge < -0.3 is 4.98 Å². The predicted octanol–water partition coefficient (Wildman–Crippen LogP) is 3.12. The first-order chi connectivity index (χ1) is 8.52. The fourth-order valence-electron chi connectivity index (χ4n) is 1.72. The van der Waals surface area contributed by atoms with E-state index in [0.29, 0.717) is 21.3 Å². The van der Waals surface area contributed by atoms with Gasteiger partial charge in [0.15, 0.2) is 0 Å². The lowest BCUT2D eigenvalue weighted by molar-refractivity contribution is 0.627. The molecule has 1 aromatic carbocycles. The third-order valence-corrected chi connectivity index (χ3v) is 3.16. The predicted molar refractivity (Wildman–Crippen MR) is 69.6 cm³/mol. The maximum absolute atomic E-state index is 13.0. The maximum atomic E-state index is 13.0. The minimum absolute atomic E-state index is 0.0212. The summed E-state index contributed by atoms with van der Waals surface area (Å²) in [5.74, 6) is -0.384. The van der Waals surface area contributed by atoms with Gasteiger partial charge in [-0.15, -0.1) is 0 Å². The number of aryl methyl sites for hydroxylation is 1. The standard InChI is InChI=1S/C13H8BrFN2O/c1-7-4-10(11(6-16)13(18)17-7)9-3-2-8(15)5-12(9)14/h2-5H,1H3,(H,17,18). The van der Waals surface area contributed by atoms with Gasteiger partial charge in [0.2, 0.25) is 0 Å². The summed E-state index contributed by atoms with van der Waals surface area (Å²) >= 11 is 3.23. The van der Waals surface area contributed by atoms with Crippen molar-refractivity contribution in [3.05, 3.63) is 56.2 Å². The summed E-state index contributed by atoms with van der Waals surface area (Å²) in [4.78, 5) is 14.2. The molecule has 0 spiro atoms. The van der Waals surface area contributed by atoms with Crippen LogP contribution in [-0.4, -0.2) is 4.98 Å². The van der Waals surface area contributed by atoms with Gasteiger partial charge in [-0.25, -0.2) is 4.39 Å². The van der Waals surface area contributed by atoms with Crippen LogP contribution in [0, 0.1) is 24.1 Å². The van der Waals surface area contributed by atoms with Gasteiger partial charge in [0.05, 0.1) is 0 Å². The molecule has 90 valence electrons. The molecule has 0 unspecified atom stereocenters. The second kappa shape index (κ2) is 4.75. The molecule has 2 rings (SSSR count). The fraction of sp³-hybridized carbons (Fsp3) is 0.0769. The zero-order valence-corrected chi connectivity index (χ0v) is 11.0. The summed E-state index contributed by atoms with van der Waals surface area (Å²) in [6.45, 7) is 1.73. The number of hydrogen-bond donors (Lipinski definition) is 1. The number of pyridine rings is 1. The third-order valence-electron chi connectivity index (χ3n) is 2.50. The molecule has 0 saturated heterocycles. The van der Waals surface area contributed by atoms with Crippen LogP contribution in [0.3, 0.4) is 0 Å². The SMILES string of the molecule is Cc1cc(-c2ccc(F)cc2Br)c(C#N)c(=O)[nH]1. The first-order valence-corrected chi connectivity index (χ1v) is 5.91. The van der Waals surface area contributed by atoms with E-state index in [1.807, 2.05) is 6.07 Å². The van der Waals surface area contributed by atoms with Crippen LogP contribution < -0.4 is 5.56 Å². The Hall–Kier alpha value is -1.93. The average molecular weight is 307 g/mol. The van der Waals surface area contributed by atoms with Gasteiger partial charge in [-0.3, -0.25) is 4.79 Å². The van der Waals surface area contributed by atoms with Crippen molar-refractivity contribution in [3.63, 3.8) is 0 Å². The molecule has 1 heterocycles. The highest BCUT2D eigenvalue weighted by Crippen LogP contribution is 2.30. The lowest BCUT2D eigenvalue weighted by atomic mass is 10.0. The Labute approximate surface area is 111 Å². The van der Waals surface area contributed by atoms with Crippen molar-refractivity contribution in [1.82, 2.24) is 4.98 Å². The molecule has 0 aliphatic heterocycles. The minimum atomic E-state index is -0.441. The summed E-state index contributed by atoms with van der Waals surface area (Å²) in [6.07, 6.45) is 0. The molecule has 2 aromatic rings. The van der Waals surface area contributed by atoms with Gasteiger partial charge in [0.25, 0.3) is 5.56 Å². The maximum Gasteiger partial charge on any atom is 0.266 e. The number of rotatable bonds is 1. The molecule has 0 aliphatic carbocycles. The summed E-state index contributed by atoms with van der Waals surface area (Å²) in [5.41, 5.74) is 1.33. The number of nitriles is 1. The number of aromatic nitrogens is 1. The lowest BCUT2D eigenvalue weighted by Gasteiger charge is -2.07. The summed E-state index contributed by atoms with van der Waals surface area (Å²) in [7, 11) is 0. The monoisotopic (exact) mass is 306 g/mol. The topological polar surface area (TPSA) is 56.6 Å². The highest BCUT2D eigenvalue weighted by atomic mass is 79.9. The van der Waals surface area contributed by atoms with Crippen LogP contribution in [0.1, 0.15) is 11.3 Å². The van der Waals surface area contributed by atoms with Crippen LogP contribution >= 0.6 is 15.9 Å². The molecule has 3 nitrogen and oxygen atoms in total. The van der Waals surface area contributed by atoms with Gasteiger partial charge in [-0.05, 0) is 30.7 Å². The molecule has 0 saturated carbocycles. The minimum Gasteiger partial charge on any atom is -0.325 e. The van der Waals surface area contributed by atoms with Crippen molar-refractivity contribution in [3.8, 4) is 17.2 Å². The highest BCUT2D eigenvalue weighted by molar-refractivity contribution is 9.10. The van der Waals surface area contributed by atoms with Crippen molar-refractivity contribution >= 4 is 15.9 Å². The molecular formula is C13H8BrFN2O. The molecular weight excluding hydrogens is 299 g/mol. The normalized spacial score (nSPS) is 10.1. The van der Waals surface area contributed by atoms with Crippen molar-refractivity contribution in [2.24, 2.45) is 0 Å². The third kappa shape index (κ3) is 2.20. The zero-order chi connectivity index (χ0) is 13.3. The van der Waals surface area contributed by atoms with Gasteiger partial charge in [-0.1, -0.05) is 22.0 Å². The van der Waals surface area contributed by atoms with E-state index in [2.05, 4.69) is 20.9 Å². The number of nitrogens with zero attached hydrogens (tertiary/aromatic N) is 1. The first-order valence-electron chi connectivity index (χ1n) is 5.12. The van der Waals surface area contributed by atoms with E-state index in [9.17, 15) is 9.18 Å². The fourth-order valence-corrected chi connectivity index (χ4v) is 2.28. The second-order valence-electron chi connectivity index (χ2n) is 3.81. The number of halogens is 2. The van der Waals surface area contributed by atoms with E-state index in [0.717, 1.165) is 0 Å². The Morgan fingerprint density at radius 1 is 1.33 bits per heavy atom. The Balaban J connectivity index is 2.79. The molecule has 5 heteroatoms. The zero-order valence-electron chi connectivity index (χ0n) is 9.42. The summed E-state index contributed by atoms with van der Waals surface area (Å²) < 4.78 is 13.5. The number of benzene rings is 1. The molecule has 0 amide bonds. The number of nitrogens with one attached hydrogen (secondary N) is 1. The highest BCUT2D eigenvalue weighted by Gasteiger charge is 2.13. The van der Waals surface area contributed by atoms with E-state index >= 15 is 0 Å². The quantitative estimate of drug-likeness (QED) is 0.880. The van der Waals surface area contributed by atoms with Crippen molar-refractivity contribution in [2.45, 2.75) is 6.92 Å². The molecule has 1 aromatic heterocycles. The van der Waals surface area contributed by atoms with Gasteiger partial charge >= 0.3 is 0 Å². The lowest BCUT2D eigenvalue weighted by Crippen LogP contribution is -2.12.